The van der Waals surface area contributed by atoms with Gasteiger partial charge in [0, 0.05) is 50.5 Å². The highest BCUT2D eigenvalue weighted by Gasteiger charge is 2.21. The summed E-state index contributed by atoms with van der Waals surface area (Å²) >= 11 is 0. The number of anilines is 3. The van der Waals surface area contributed by atoms with Crippen molar-refractivity contribution in [3.8, 4) is 12.1 Å². The predicted octanol–water partition coefficient (Wildman–Crippen LogP) is 12.2. The van der Waals surface area contributed by atoms with E-state index in [4.69, 9.17) is 4.42 Å². The Labute approximate surface area is 296 Å². The van der Waals surface area contributed by atoms with Crippen molar-refractivity contribution in [3.63, 3.8) is 0 Å². The maximum Gasteiger partial charge on any atom is 0.136 e. The molecule has 0 bridgehead atoms. The summed E-state index contributed by atoms with van der Waals surface area (Å²) in [6.07, 6.45) is 21.3. The molecule has 9 rings (SSSR count). The van der Waals surface area contributed by atoms with E-state index in [1.807, 2.05) is 18.2 Å². The Bertz CT molecular complexity index is 2650. The number of nitriles is 2. The van der Waals surface area contributed by atoms with E-state index in [2.05, 4.69) is 143 Å². The average molecular weight is 659 g/mol. The van der Waals surface area contributed by atoms with Crippen LogP contribution in [0.3, 0.4) is 0 Å². The minimum absolute atomic E-state index is 0.0825. The van der Waals surface area contributed by atoms with Crippen LogP contribution in [0.5, 0.6) is 0 Å². The molecule has 244 valence electrons. The maximum atomic E-state index is 9.45. The van der Waals surface area contributed by atoms with Crippen molar-refractivity contribution in [3.05, 3.63) is 162 Å². The molecule has 0 N–H and O–H groups in total. The molecule has 6 aromatic rings. The number of benzene rings is 5. The van der Waals surface area contributed by atoms with Gasteiger partial charge in [-0.05, 0) is 139 Å². The van der Waals surface area contributed by atoms with E-state index in [0.29, 0.717) is 6.42 Å². The molecule has 51 heavy (non-hydrogen) atoms. The van der Waals surface area contributed by atoms with Crippen LogP contribution in [0.1, 0.15) is 32.1 Å². The van der Waals surface area contributed by atoms with E-state index in [1.54, 1.807) is 0 Å². The predicted molar refractivity (Wildman–Crippen MR) is 208 cm³/mol. The Morgan fingerprint density at radius 3 is 1.92 bits per heavy atom. The lowest BCUT2D eigenvalue weighted by Crippen LogP contribution is -2.22. The fourth-order valence-electron chi connectivity index (χ4n) is 7.56. The zero-order chi connectivity index (χ0) is 34.3. The van der Waals surface area contributed by atoms with Gasteiger partial charge in [0.1, 0.15) is 11.2 Å². The van der Waals surface area contributed by atoms with Gasteiger partial charge in [-0.15, -0.1) is 0 Å². The van der Waals surface area contributed by atoms with E-state index in [9.17, 15) is 10.5 Å². The first kappa shape index (κ1) is 30.5. The number of fused-ring (bicyclic) bond motifs is 5. The monoisotopic (exact) mass is 658 g/mol. The third-order valence-corrected chi connectivity index (χ3v) is 10.2. The Morgan fingerprint density at radius 1 is 0.627 bits per heavy atom. The smallest absolute Gasteiger partial charge is 0.136 e. The third kappa shape index (κ3) is 5.60. The summed E-state index contributed by atoms with van der Waals surface area (Å²) in [5.74, 6) is -0.0825. The van der Waals surface area contributed by atoms with Crippen LogP contribution in [0, 0.1) is 28.6 Å². The summed E-state index contributed by atoms with van der Waals surface area (Å²) < 4.78 is 6.60. The second-order valence-electron chi connectivity index (χ2n) is 13.4. The van der Waals surface area contributed by atoms with Crippen LogP contribution < -0.4 is 9.80 Å². The Hall–Kier alpha value is -6.56. The molecule has 0 radical (unpaired) electrons. The number of nitrogens with zero attached hydrogens (tertiary/aromatic N) is 4. The van der Waals surface area contributed by atoms with Gasteiger partial charge in [-0.25, -0.2) is 0 Å². The summed E-state index contributed by atoms with van der Waals surface area (Å²) in [5, 5.41) is 25.6. The lowest BCUT2D eigenvalue weighted by molar-refractivity contribution is 0.670. The first-order chi connectivity index (χ1) is 25.1. The fourth-order valence-corrected chi connectivity index (χ4v) is 7.56. The fraction of sp³-hybridized carbons (Fsp3) is 0.130. The van der Waals surface area contributed by atoms with Gasteiger partial charge in [0.15, 0.2) is 0 Å². The molecule has 0 fully saturated rings. The number of para-hydroxylation sites is 1. The van der Waals surface area contributed by atoms with Crippen molar-refractivity contribution in [1.82, 2.24) is 0 Å². The van der Waals surface area contributed by atoms with Crippen LogP contribution in [-0.2, 0) is 0 Å². The highest BCUT2D eigenvalue weighted by atomic mass is 16.3. The Morgan fingerprint density at radius 2 is 1.33 bits per heavy atom. The molecule has 3 aliphatic rings. The molecule has 0 aliphatic heterocycles. The SMILES string of the molecule is N#CC1=CC=C(N(c2ccccc2)c2ccc3cc4c(cc3c2)oc2cc3cc(N(C5=CCCC=C5)C5=CCC(C#N)C=C5)ccc3cc24)CC1. The first-order valence-corrected chi connectivity index (χ1v) is 17.6. The van der Waals surface area contributed by atoms with Crippen LogP contribution in [0.15, 0.2) is 167 Å². The lowest BCUT2D eigenvalue weighted by Gasteiger charge is -2.30. The number of furan rings is 1. The number of hydrogen-bond donors (Lipinski definition) is 0. The van der Waals surface area contributed by atoms with E-state index < -0.39 is 0 Å². The maximum absolute atomic E-state index is 9.45. The molecule has 0 saturated heterocycles. The quantitative estimate of drug-likeness (QED) is 0.178. The number of allylic oxidation sites excluding steroid dienone is 10. The molecule has 3 aliphatic carbocycles. The van der Waals surface area contributed by atoms with Gasteiger partial charge in [0.25, 0.3) is 0 Å². The Kier molecular flexibility index (Phi) is 7.60. The molecule has 1 unspecified atom stereocenters. The molecule has 5 heteroatoms. The second kappa shape index (κ2) is 12.7. The second-order valence-corrected chi connectivity index (χ2v) is 13.4. The van der Waals surface area contributed by atoms with E-state index in [0.717, 1.165) is 109 Å². The average Bonchev–Trinajstić information content (AvgIpc) is 3.53. The molecule has 1 atom stereocenters. The summed E-state index contributed by atoms with van der Waals surface area (Å²) in [6, 6.07) is 37.2. The molecule has 1 aromatic heterocycles. The highest BCUT2D eigenvalue weighted by molar-refractivity contribution is 6.14. The van der Waals surface area contributed by atoms with Crippen LogP contribution in [0.2, 0.25) is 0 Å². The van der Waals surface area contributed by atoms with Gasteiger partial charge in [-0.1, -0.05) is 54.6 Å². The van der Waals surface area contributed by atoms with Gasteiger partial charge in [-0.3, -0.25) is 0 Å². The molecule has 5 aromatic carbocycles. The molecular weight excluding hydrogens is 625 g/mol. The topological polar surface area (TPSA) is 67.2 Å². The van der Waals surface area contributed by atoms with Crippen molar-refractivity contribution < 1.29 is 4.42 Å². The molecule has 1 heterocycles. The largest absolute Gasteiger partial charge is 0.456 e. The minimum Gasteiger partial charge on any atom is -0.456 e. The molecule has 0 amide bonds. The number of hydrogen-bond acceptors (Lipinski definition) is 5. The van der Waals surface area contributed by atoms with Crippen molar-refractivity contribution in [1.29, 1.82) is 10.5 Å². The van der Waals surface area contributed by atoms with Crippen molar-refractivity contribution in [2.45, 2.75) is 32.1 Å². The molecule has 0 saturated carbocycles. The van der Waals surface area contributed by atoms with Crippen molar-refractivity contribution in [2.24, 2.45) is 5.92 Å². The molecule has 5 nitrogen and oxygen atoms in total. The van der Waals surface area contributed by atoms with Gasteiger partial charge >= 0.3 is 0 Å². The summed E-state index contributed by atoms with van der Waals surface area (Å²) in [5.41, 5.74) is 9.17. The van der Waals surface area contributed by atoms with Crippen LogP contribution in [0.4, 0.5) is 17.1 Å². The van der Waals surface area contributed by atoms with Crippen molar-refractivity contribution >= 4 is 60.5 Å². The van der Waals surface area contributed by atoms with Crippen LogP contribution in [-0.4, -0.2) is 0 Å². The zero-order valence-electron chi connectivity index (χ0n) is 28.1. The van der Waals surface area contributed by atoms with Crippen molar-refractivity contribution in [2.75, 3.05) is 9.80 Å². The highest BCUT2D eigenvalue weighted by Crippen LogP contribution is 2.40. The molecule has 0 spiro atoms. The number of rotatable bonds is 6. The van der Waals surface area contributed by atoms with Crippen LogP contribution in [0.25, 0.3) is 43.5 Å². The lowest BCUT2D eigenvalue weighted by atomic mass is 9.98. The molecular formula is C46H34N4O. The van der Waals surface area contributed by atoms with E-state index in [1.165, 1.54) is 0 Å². The summed E-state index contributed by atoms with van der Waals surface area (Å²) in [7, 11) is 0. The van der Waals surface area contributed by atoms with Gasteiger partial charge in [0.05, 0.1) is 18.1 Å². The Balaban J connectivity index is 1.12. The normalized spacial score (nSPS) is 17.1. The summed E-state index contributed by atoms with van der Waals surface area (Å²) in [4.78, 5) is 4.59. The summed E-state index contributed by atoms with van der Waals surface area (Å²) in [6.45, 7) is 0. The standard InChI is InChI=1S/C46H34N4O/c47-29-31-11-17-39(18-12-31)49(37-7-3-1-4-8-37)41-21-15-33-25-43-44-26-34-16-22-42(24-36(34)28-46(44)51-45(43)27-35(33)23-41)50(38-9-5-2-6-10-38)40-19-13-32(30-48)14-20-40/h1,3-5,7-11,13,15-17,19-28,32H,2,6,12,14,18H2. The van der Waals surface area contributed by atoms with E-state index >= 15 is 0 Å². The van der Waals surface area contributed by atoms with Gasteiger partial charge in [-0.2, -0.15) is 10.5 Å². The minimum atomic E-state index is -0.0825. The van der Waals surface area contributed by atoms with E-state index in [-0.39, 0.29) is 5.92 Å². The zero-order valence-corrected chi connectivity index (χ0v) is 28.1. The third-order valence-electron chi connectivity index (χ3n) is 10.2. The van der Waals surface area contributed by atoms with Gasteiger partial charge < -0.3 is 14.2 Å². The van der Waals surface area contributed by atoms with Gasteiger partial charge in [0.2, 0.25) is 0 Å². The van der Waals surface area contributed by atoms with Crippen LogP contribution >= 0.6 is 0 Å². The first-order valence-electron chi connectivity index (χ1n) is 17.6.